The van der Waals surface area contributed by atoms with Crippen LogP contribution in [0.1, 0.15) is 30.5 Å². The molecular formula is C25H23IN2O4S. The van der Waals surface area contributed by atoms with Gasteiger partial charge in [-0.15, -0.1) is 0 Å². The molecule has 0 spiro atoms. The van der Waals surface area contributed by atoms with Crippen molar-refractivity contribution in [1.29, 1.82) is 0 Å². The van der Waals surface area contributed by atoms with E-state index >= 15 is 0 Å². The Hall–Kier alpha value is -2.56. The second-order valence-corrected chi connectivity index (χ2v) is 11.1. The van der Waals surface area contributed by atoms with Gasteiger partial charge in [0, 0.05) is 9.61 Å². The van der Waals surface area contributed by atoms with Crippen molar-refractivity contribution in [3.8, 4) is 0 Å². The van der Waals surface area contributed by atoms with Crippen LogP contribution in [0.4, 0.5) is 5.69 Å². The van der Waals surface area contributed by atoms with Gasteiger partial charge in [0.15, 0.2) is 0 Å². The largest absolute Gasteiger partial charge is 0.274 e. The fraction of sp³-hybridized carbons (Fsp3) is 0.200. The third-order valence-electron chi connectivity index (χ3n) is 5.77. The van der Waals surface area contributed by atoms with Crippen LogP contribution in [0.5, 0.6) is 0 Å². The molecule has 2 amide bonds. The maximum atomic E-state index is 13.8. The van der Waals surface area contributed by atoms with Crippen molar-refractivity contribution >= 4 is 50.1 Å². The van der Waals surface area contributed by atoms with E-state index in [0.717, 1.165) is 19.6 Å². The van der Waals surface area contributed by atoms with Crippen LogP contribution in [0, 0.1) is 10.5 Å². The van der Waals surface area contributed by atoms with Gasteiger partial charge in [0.1, 0.15) is 6.04 Å². The lowest BCUT2D eigenvalue weighted by atomic mass is 10.1. The predicted molar refractivity (Wildman–Crippen MR) is 135 cm³/mol. The molecule has 8 heteroatoms. The number of sulfonamides is 1. The standard InChI is InChI=1S/C25H23IN2O4S/c1-17-8-14-22(15-9-17)33(31,32)28(18(2)19-6-4-3-5-7-19)23-16-24(29)27(25(23)30)21-12-10-20(26)11-13-21/h3-15,18,23H,16H2,1-2H3. The number of anilines is 1. The van der Waals surface area contributed by atoms with Crippen molar-refractivity contribution in [3.63, 3.8) is 0 Å². The number of nitrogens with zero attached hydrogens (tertiary/aromatic N) is 2. The molecule has 170 valence electrons. The van der Waals surface area contributed by atoms with E-state index < -0.39 is 33.9 Å². The number of amides is 2. The van der Waals surface area contributed by atoms with Crippen molar-refractivity contribution < 1.29 is 18.0 Å². The predicted octanol–water partition coefficient (Wildman–Crippen LogP) is 4.68. The van der Waals surface area contributed by atoms with Crippen molar-refractivity contribution in [2.24, 2.45) is 0 Å². The molecule has 0 bridgehead atoms. The zero-order chi connectivity index (χ0) is 23.8. The lowest BCUT2D eigenvalue weighted by Crippen LogP contribution is -2.46. The number of hydrogen-bond donors (Lipinski definition) is 0. The van der Waals surface area contributed by atoms with Crippen LogP contribution >= 0.6 is 22.6 Å². The SMILES string of the molecule is Cc1ccc(S(=O)(=O)N(C2CC(=O)N(c3ccc(I)cc3)C2=O)C(C)c2ccccc2)cc1. The van der Waals surface area contributed by atoms with Crippen LogP contribution in [-0.4, -0.2) is 30.6 Å². The molecule has 0 N–H and O–H groups in total. The number of carbonyl (C=O) groups is 2. The highest BCUT2D eigenvalue weighted by molar-refractivity contribution is 14.1. The molecule has 2 atom stereocenters. The van der Waals surface area contributed by atoms with Gasteiger partial charge < -0.3 is 0 Å². The average Bonchev–Trinajstić information content (AvgIpc) is 3.08. The molecule has 3 aromatic rings. The van der Waals surface area contributed by atoms with E-state index in [-0.39, 0.29) is 11.3 Å². The number of carbonyl (C=O) groups excluding carboxylic acids is 2. The Labute approximate surface area is 207 Å². The maximum absolute atomic E-state index is 13.8. The average molecular weight is 574 g/mol. The summed E-state index contributed by atoms with van der Waals surface area (Å²) in [4.78, 5) is 27.6. The van der Waals surface area contributed by atoms with Gasteiger partial charge in [0.2, 0.25) is 15.9 Å². The number of rotatable bonds is 6. The van der Waals surface area contributed by atoms with Crippen molar-refractivity contribution in [3.05, 3.63) is 93.6 Å². The summed E-state index contributed by atoms with van der Waals surface area (Å²) >= 11 is 2.14. The molecule has 1 saturated heterocycles. The molecule has 2 unspecified atom stereocenters. The zero-order valence-corrected chi connectivity index (χ0v) is 21.2. The Morgan fingerprint density at radius 1 is 0.939 bits per heavy atom. The fourth-order valence-corrected chi connectivity index (χ4v) is 6.15. The van der Waals surface area contributed by atoms with Crippen LogP contribution in [0.25, 0.3) is 0 Å². The van der Waals surface area contributed by atoms with Crippen LogP contribution in [0.2, 0.25) is 0 Å². The Morgan fingerprint density at radius 2 is 1.55 bits per heavy atom. The van der Waals surface area contributed by atoms with E-state index in [9.17, 15) is 18.0 Å². The summed E-state index contributed by atoms with van der Waals surface area (Å²) in [5.74, 6) is -0.963. The normalized spacial score (nSPS) is 17.6. The monoisotopic (exact) mass is 574 g/mol. The van der Waals surface area contributed by atoms with E-state index in [4.69, 9.17) is 0 Å². The number of benzene rings is 3. The zero-order valence-electron chi connectivity index (χ0n) is 18.2. The van der Waals surface area contributed by atoms with Gasteiger partial charge in [0.25, 0.3) is 5.91 Å². The third-order valence-corrected chi connectivity index (χ3v) is 8.49. The molecule has 0 saturated carbocycles. The number of hydrogen-bond acceptors (Lipinski definition) is 4. The highest BCUT2D eigenvalue weighted by Crippen LogP contribution is 2.35. The van der Waals surface area contributed by atoms with E-state index in [1.54, 1.807) is 43.3 Å². The van der Waals surface area contributed by atoms with Gasteiger partial charge in [-0.05, 0) is 78.4 Å². The smallest absolute Gasteiger partial charge is 0.252 e. The molecule has 1 aliphatic heterocycles. The minimum atomic E-state index is -4.08. The lowest BCUT2D eigenvalue weighted by Gasteiger charge is -2.32. The van der Waals surface area contributed by atoms with Gasteiger partial charge in [-0.3, -0.25) is 9.59 Å². The van der Waals surface area contributed by atoms with E-state index in [1.807, 2.05) is 37.3 Å². The molecule has 0 aromatic heterocycles. The van der Waals surface area contributed by atoms with Gasteiger partial charge >= 0.3 is 0 Å². The first kappa shape index (κ1) is 23.6. The van der Waals surface area contributed by atoms with Crippen molar-refractivity contribution in [2.45, 2.75) is 37.2 Å². The van der Waals surface area contributed by atoms with E-state index in [1.165, 1.54) is 16.4 Å². The van der Waals surface area contributed by atoms with Crippen LogP contribution in [0.15, 0.2) is 83.8 Å². The summed E-state index contributed by atoms with van der Waals surface area (Å²) in [6, 6.07) is 20.8. The highest BCUT2D eigenvalue weighted by Gasteiger charge is 2.48. The summed E-state index contributed by atoms with van der Waals surface area (Å²) in [5.41, 5.74) is 2.10. The summed E-state index contributed by atoms with van der Waals surface area (Å²) in [7, 11) is -4.08. The Kier molecular flexibility index (Phi) is 6.69. The van der Waals surface area contributed by atoms with E-state index in [0.29, 0.717) is 5.69 Å². The van der Waals surface area contributed by atoms with Gasteiger partial charge in [-0.2, -0.15) is 4.31 Å². The third kappa shape index (κ3) is 4.60. The first-order chi connectivity index (χ1) is 15.7. The molecule has 1 heterocycles. The molecule has 1 fully saturated rings. The molecule has 1 aliphatic rings. The van der Waals surface area contributed by atoms with Gasteiger partial charge in [0.05, 0.1) is 17.0 Å². The fourth-order valence-electron chi connectivity index (χ4n) is 4.03. The molecular weight excluding hydrogens is 551 g/mol. The summed E-state index contributed by atoms with van der Waals surface area (Å²) in [6.45, 7) is 3.62. The van der Waals surface area contributed by atoms with Gasteiger partial charge in [-0.1, -0.05) is 48.0 Å². The van der Waals surface area contributed by atoms with Crippen LogP contribution < -0.4 is 4.90 Å². The Morgan fingerprint density at radius 3 is 2.15 bits per heavy atom. The van der Waals surface area contributed by atoms with E-state index in [2.05, 4.69) is 22.6 Å². The summed E-state index contributed by atoms with van der Waals surface area (Å²) in [5, 5.41) is 0. The van der Waals surface area contributed by atoms with Gasteiger partial charge in [-0.25, -0.2) is 13.3 Å². The second kappa shape index (κ2) is 9.36. The van der Waals surface area contributed by atoms with Crippen molar-refractivity contribution in [2.75, 3.05) is 4.90 Å². The number of aryl methyl sites for hydroxylation is 1. The first-order valence-corrected chi connectivity index (χ1v) is 13.0. The first-order valence-electron chi connectivity index (χ1n) is 10.5. The molecule has 6 nitrogen and oxygen atoms in total. The van der Waals surface area contributed by atoms with Crippen LogP contribution in [-0.2, 0) is 19.6 Å². The number of halogens is 1. The maximum Gasteiger partial charge on any atom is 0.252 e. The van der Waals surface area contributed by atoms with Crippen LogP contribution in [0.3, 0.4) is 0 Å². The quantitative estimate of drug-likeness (QED) is 0.317. The Balaban J connectivity index is 1.79. The molecule has 33 heavy (non-hydrogen) atoms. The second-order valence-electron chi connectivity index (χ2n) is 8.00. The lowest BCUT2D eigenvalue weighted by molar-refractivity contribution is -0.122. The summed E-state index contributed by atoms with van der Waals surface area (Å²) in [6.07, 6.45) is -0.215. The molecule has 0 radical (unpaired) electrons. The molecule has 0 aliphatic carbocycles. The number of imide groups is 1. The minimum absolute atomic E-state index is 0.0869. The highest BCUT2D eigenvalue weighted by atomic mass is 127. The minimum Gasteiger partial charge on any atom is -0.274 e. The molecule has 4 rings (SSSR count). The summed E-state index contributed by atoms with van der Waals surface area (Å²) < 4.78 is 29.8. The topological polar surface area (TPSA) is 74.8 Å². The van der Waals surface area contributed by atoms with Crippen molar-refractivity contribution in [1.82, 2.24) is 4.31 Å². The Bertz CT molecular complexity index is 1280. The molecule has 3 aromatic carbocycles.